The Kier molecular flexibility index (Phi) is 5.36. The van der Waals surface area contributed by atoms with Gasteiger partial charge >= 0.3 is 0 Å². The standard InChI is InChI=1S/C8H18ClNO3S/c1-8(2,7-11)10(3)14(12,13)6-4-5-9/h11H,4-7H2,1-3H3. The van der Waals surface area contributed by atoms with Crippen LogP contribution < -0.4 is 0 Å². The molecule has 86 valence electrons. The minimum atomic E-state index is -3.30. The lowest BCUT2D eigenvalue weighted by Gasteiger charge is -2.32. The quantitative estimate of drug-likeness (QED) is 0.697. The molecule has 0 heterocycles. The number of hydrogen-bond acceptors (Lipinski definition) is 3. The molecular formula is C8H18ClNO3S. The average Bonchev–Trinajstić information content (AvgIpc) is 2.13. The Balaban J connectivity index is 4.59. The van der Waals surface area contributed by atoms with Gasteiger partial charge in [-0.2, -0.15) is 4.31 Å². The fourth-order valence-electron chi connectivity index (χ4n) is 0.850. The van der Waals surface area contributed by atoms with Crippen molar-refractivity contribution in [3.8, 4) is 0 Å². The van der Waals surface area contributed by atoms with Crippen molar-refractivity contribution in [2.45, 2.75) is 25.8 Å². The Bertz CT molecular complexity index is 264. The van der Waals surface area contributed by atoms with E-state index in [0.29, 0.717) is 12.3 Å². The average molecular weight is 244 g/mol. The molecule has 0 aliphatic carbocycles. The SMILES string of the molecule is CN(C(C)(C)CO)S(=O)(=O)CCCCl. The van der Waals surface area contributed by atoms with Crippen molar-refractivity contribution in [3.05, 3.63) is 0 Å². The van der Waals surface area contributed by atoms with Crippen molar-refractivity contribution in [2.75, 3.05) is 25.3 Å². The van der Waals surface area contributed by atoms with Gasteiger partial charge in [0.15, 0.2) is 0 Å². The highest BCUT2D eigenvalue weighted by molar-refractivity contribution is 7.89. The first-order chi connectivity index (χ1) is 6.28. The van der Waals surface area contributed by atoms with Gasteiger partial charge in [0.25, 0.3) is 0 Å². The molecule has 4 nitrogen and oxygen atoms in total. The van der Waals surface area contributed by atoms with Crippen LogP contribution in [-0.2, 0) is 10.0 Å². The van der Waals surface area contributed by atoms with Crippen LogP contribution in [0.5, 0.6) is 0 Å². The molecule has 0 aliphatic rings. The number of hydrogen-bond donors (Lipinski definition) is 1. The molecule has 1 N–H and O–H groups in total. The van der Waals surface area contributed by atoms with Gasteiger partial charge in [0.2, 0.25) is 10.0 Å². The summed E-state index contributed by atoms with van der Waals surface area (Å²) in [6, 6.07) is 0. The molecule has 0 aromatic carbocycles. The predicted octanol–water partition coefficient (Wildman–Crippen LogP) is 0.648. The molecule has 6 heteroatoms. The second kappa shape index (κ2) is 5.30. The normalized spacial score (nSPS) is 13.6. The lowest BCUT2D eigenvalue weighted by atomic mass is 10.1. The Hall–Kier alpha value is 0.160. The summed E-state index contributed by atoms with van der Waals surface area (Å²) >= 11 is 5.43. The summed E-state index contributed by atoms with van der Waals surface area (Å²) < 4.78 is 24.5. The largest absolute Gasteiger partial charge is 0.394 e. The van der Waals surface area contributed by atoms with E-state index in [1.807, 2.05) is 0 Å². The van der Waals surface area contributed by atoms with E-state index in [2.05, 4.69) is 0 Å². The van der Waals surface area contributed by atoms with Crippen LogP contribution >= 0.6 is 11.6 Å². The number of halogens is 1. The van der Waals surface area contributed by atoms with E-state index in [1.165, 1.54) is 11.4 Å². The first-order valence-electron chi connectivity index (χ1n) is 4.41. The molecule has 0 atom stereocenters. The zero-order valence-electron chi connectivity index (χ0n) is 8.83. The number of rotatable bonds is 6. The Morgan fingerprint density at radius 2 is 1.93 bits per heavy atom. The monoisotopic (exact) mass is 243 g/mol. The number of likely N-dealkylation sites (N-methyl/N-ethyl adjacent to an activating group) is 1. The molecule has 0 radical (unpaired) electrons. The topological polar surface area (TPSA) is 57.6 Å². The highest BCUT2D eigenvalue weighted by Crippen LogP contribution is 2.16. The minimum absolute atomic E-state index is 0.0242. The van der Waals surface area contributed by atoms with E-state index in [9.17, 15) is 8.42 Å². The summed E-state index contributed by atoms with van der Waals surface area (Å²) in [7, 11) is -1.83. The Morgan fingerprint density at radius 3 is 2.29 bits per heavy atom. The third-order valence-electron chi connectivity index (χ3n) is 2.19. The maximum absolute atomic E-state index is 11.7. The first kappa shape index (κ1) is 14.2. The van der Waals surface area contributed by atoms with Gasteiger partial charge in [-0.05, 0) is 20.3 Å². The van der Waals surface area contributed by atoms with Crippen LogP contribution in [0.25, 0.3) is 0 Å². The van der Waals surface area contributed by atoms with Crippen LogP contribution in [0, 0.1) is 0 Å². The van der Waals surface area contributed by atoms with E-state index < -0.39 is 15.6 Å². The van der Waals surface area contributed by atoms with Crippen LogP contribution in [0.3, 0.4) is 0 Å². The zero-order valence-corrected chi connectivity index (χ0v) is 10.4. The fourth-order valence-corrected chi connectivity index (χ4v) is 2.74. The highest BCUT2D eigenvalue weighted by atomic mass is 35.5. The number of alkyl halides is 1. The van der Waals surface area contributed by atoms with E-state index in [4.69, 9.17) is 16.7 Å². The molecule has 0 aromatic rings. The van der Waals surface area contributed by atoms with Gasteiger partial charge in [0.1, 0.15) is 0 Å². The van der Waals surface area contributed by atoms with Crippen molar-refractivity contribution in [1.82, 2.24) is 4.31 Å². The van der Waals surface area contributed by atoms with E-state index in [0.717, 1.165) is 0 Å². The fraction of sp³-hybridized carbons (Fsp3) is 1.00. The molecular weight excluding hydrogens is 226 g/mol. The molecule has 0 fully saturated rings. The minimum Gasteiger partial charge on any atom is -0.394 e. The van der Waals surface area contributed by atoms with Gasteiger partial charge in [-0.3, -0.25) is 0 Å². The molecule has 0 amide bonds. The molecule has 14 heavy (non-hydrogen) atoms. The summed E-state index contributed by atoms with van der Waals surface area (Å²) in [6.07, 6.45) is 0.426. The predicted molar refractivity (Wildman–Crippen MR) is 58.1 cm³/mol. The van der Waals surface area contributed by atoms with E-state index in [-0.39, 0.29) is 12.4 Å². The van der Waals surface area contributed by atoms with Gasteiger partial charge in [0.05, 0.1) is 17.9 Å². The molecule has 0 bridgehead atoms. The first-order valence-corrected chi connectivity index (χ1v) is 6.56. The van der Waals surface area contributed by atoms with Crippen LogP contribution in [0.1, 0.15) is 20.3 Å². The van der Waals surface area contributed by atoms with Crippen molar-refractivity contribution in [2.24, 2.45) is 0 Å². The maximum Gasteiger partial charge on any atom is 0.214 e. The molecule has 0 saturated carbocycles. The van der Waals surface area contributed by atoms with Gasteiger partial charge < -0.3 is 5.11 Å². The number of nitrogens with zero attached hydrogens (tertiary/aromatic N) is 1. The number of aliphatic hydroxyl groups excluding tert-OH is 1. The van der Waals surface area contributed by atoms with Crippen molar-refractivity contribution < 1.29 is 13.5 Å². The van der Waals surface area contributed by atoms with Crippen LogP contribution in [0.2, 0.25) is 0 Å². The van der Waals surface area contributed by atoms with Gasteiger partial charge in [-0.25, -0.2) is 8.42 Å². The van der Waals surface area contributed by atoms with Crippen LogP contribution in [0.15, 0.2) is 0 Å². The Morgan fingerprint density at radius 1 is 1.43 bits per heavy atom. The molecule has 0 aliphatic heterocycles. The molecule has 0 spiro atoms. The molecule has 0 saturated heterocycles. The maximum atomic E-state index is 11.7. The highest BCUT2D eigenvalue weighted by Gasteiger charge is 2.31. The van der Waals surface area contributed by atoms with Gasteiger partial charge in [-0.1, -0.05) is 0 Å². The summed E-state index contributed by atoms with van der Waals surface area (Å²) in [5.74, 6) is 0.350. The third-order valence-corrected chi connectivity index (χ3v) is 4.59. The molecule has 0 unspecified atom stereocenters. The van der Waals surface area contributed by atoms with Crippen molar-refractivity contribution in [3.63, 3.8) is 0 Å². The van der Waals surface area contributed by atoms with Gasteiger partial charge in [0, 0.05) is 12.9 Å². The molecule has 0 rings (SSSR count). The third kappa shape index (κ3) is 3.73. The lowest BCUT2D eigenvalue weighted by molar-refractivity contribution is 0.138. The Labute approximate surface area is 90.9 Å². The second-order valence-corrected chi connectivity index (χ2v) is 6.29. The summed E-state index contributed by atoms with van der Waals surface area (Å²) in [5, 5.41) is 9.02. The van der Waals surface area contributed by atoms with Crippen LogP contribution in [-0.4, -0.2) is 48.7 Å². The molecule has 0 aromatic heterocycles. The lowest BCUT2D eigenvalue weighted by Crippen LogP contribution is -2.48. The van der Waals surface area contributed by atoms with E-state index >= 15 is 0 Å². The number of sulfonamides is 1. The van der Waals surface area contributed by atoms with Crippen LogP contribution in [0.4, 0.5) is 0 Å². The van der Waals surface area contributed by atoms with Crippen molar-refractivity contribution >= 4 is 21.6 Å². The summed E-state index contributed by atoms with van der Waals surface area (Å²) in [6.45, 7) is 3.14. The summed E-state index contributed by atoms with van der Waals surface area (Å²) in [4.78, 5) is 0. The summed E-state index contributed by atoms with van der Waals surface area (Å²) in [5.41, 5.74) is -0.759. The van der Waals surface area contributed by atoms with Crippen molar-refractivity contribution in [1.29, 1.82) is 0 Å². The second-order valence-electron chi connectivity index (χ2n) is 3.80. The smallest absolute Gasteiger partial charge is 0.214 e. The van der Waals surface area contributed by atoms with Gasteiger partial charge in [-0.15, -0.1) is 11.6 Å². The number of aliphatic hydroxyl groups is 1. The zero-order chi connectivity index (χ0) is 11.4. The van der Waals surface area contributed by atoms with E-state index in [1.54, 1.807) is 13.8 Å².